The van der Waals surface area contributed by atoms with Gasteiger partial charge in [0.25, 0.3) is 6.43 Å². The number of benzene rings is 1. The lowest BCUT2D eigenvalue weighted by atomic mass is 10.1. The van der Waals surface area contributed by atoms with Crippen molar-refractivity contribution < 1.29 is 13.6 Å². The molecule has 1 aliphatic heterocycles. The first-order chi connectivity index (χ1) is 12.0. The van der Waals surface area contributed by atoms with Crippen LogP contribution < -0.4 is 10.2 Å². The van der Waals surface area contributed by atoms with Gasteiger partial charge in [-0.2, -0.15) is 0 Å². The summed E-state index contributed by atoms with van der Waals surface area (Å²) < 4.78 is 25.4. The van der Waals surface area contributed by atoms with E-state index in [4.69, 9.17) is 0 Å². The van der Waals surface area contributed by atoms with Crippen LogP contribution in [-0.2, 0) is 4.79 Å². The minimum atomic E-state index is -2.62. The van der Waals surface area contributed by atoms with Gasteiger partial charge in [0.1, 0.15) is 17.8 Å². The number of halogens is 2. The molecule has 1 amide bonds. The zero-order valence-corrected chi connectivity index (χ0v) is 14.0. The molecule has 1 aliphatic rings. The molecule has 1 saturated heterocycles. The number of nitrogens with one attached hydrogen (secondary N) is 1. The van der Waals surface area contributed by atoms with E-state index in [1.165, 1.54) is 6.07 Å². The van der Waals surface area contributed by atoms with E-state index >= 15 is 0 Å². The van der Waals surface area contributed by atoms with Crippen LogP contribution in [0.2, 0.25) is 0 Å². The second-order valence-electron chi connectivity index (χ2n) is 6.09. The van der Waals surface area contributed by atoms with Crippen LogP contribution in [0.1, 0.15) is 49.9 Å². The van der Waals surface area contributed by atoms with Gasteiger partial charge in [0, 0.05) is 30.8 Å². The summed E-state index contributed by atoms with van der Waals surface area (Å²) in [6, 6.07) is 8.84. The van der Waals surface area contributed by atoms with Crippen LogP contribution >= 0.6 is 0 Å². The van der Waals surface area contributed by atoms with Gasteiger partial charge in [-0.1, -0.05) is 12.1 Å². The monoisotopic (exact) mass is 346 g/mol. The van der Waals surface area contributed by atoms with Crippen LogP contribution in [0.3, 0.4) is 0 Å². The smallest absolute Gasteiger partial charge is 0.280 e. The molecule has 1 N–H and O–H groups in total. The fraction of sp³-hybridized carbons (Fsp3) is 0.389. The van der Waals surface area contributed by atoms with Crippen LogP contribution in [0.5, 0.6) is 0 Å². The van der Waals surface area contributed by atoms with Gasteiger partial charge in [0.05, 0.1) is 0 Å². The number of hydrogen-bond donors (Lipinski definition) is 1. The molecule has 0 saturated carbocycles. The molecule has 0 radical (unpaired) electrons. The third-order valence-electron chi connectivity index (χ3n) is 4.30. The second-order valence-corrected chi connectivity index (χ2v) is 6.09. The van der Waals surface area contributed by atoms with Gasteiger partial charge >= 0.3 is 0 Å². The highest BCUT2D eigenvalue weighted by Gasteiger charge is 2.19. The van der Waals surface area contributed by atoms with Crippen LogP contribution in [0.4, 0.5) is 20.3 Å². The first kappa shape index (κ1) is 17.3. The van der Waals surface area contributed by atoms with Crippen molar-refractivity contribution in [3.8, 4) is 0 Å². The van der Waals surface area contributed by atoms with E-state index in [0.717, 1.165) is 37.0 Å². The number of piperidine rings is 1. The van der Waals surface area contributed by atoms with Gasteiger partial charge in [-0.3, -0.25) is 4.79 Å². The fourth-order valence-corrected chi connectivity index (χ4v) is 2.90. The van der Waals surface area contributed by atoms with Crippen LogP contribution in [0.15, 0.2) is 36.7 Å². The molecule has 0 spiro atoms. The summed E-state index contributed by atoms with van der Waals surface area (Å²) in [5.41, 5.74) is 1.57. The first-order valence-electron chi connectivity index (χ1n) is 8.31. The van der Waals surface area contributed by atoms with Crippen LogP contribution in [-0.4, -0.2) is 22.4 Å². The quantitative estimate of drug-likeness (QED) is 0.885. The van der Waals surface area contributed by atoms with Crippen molar-refractivity contribution in [1.29, 1.82) is 0 Å². The van der Waals surface area contributed by atoms with Gasteiger partial charge < -0.3 is 10.2 Å². The average molecular weight is 346 g/mol. The van der Waals surface area contributed by atoms with Crippen LogP contribution in [0.25, 0.3) is 0 Å². The molecule has 0 aliphatic carbocycles. The van der Waals surface area contributed by atoms with Crippen molar-refractivity contribution in [1.82, 2.24) is 9.97 Å². The molecule has 1 unspecified atom stereocenters. The number of nitrogens with zero attached hydrogens (tertiary/aromatic N) is 3. The zero-order valence-electron chi connectivity index (χ0n) is 14.0. The Hall–Kier alpha value is -2.57. The number of anilines is 2. The highest BCUT2D eigenvalue weighted by molar-refractivity contribution is 5.93. The normalized spacial score (nSPS) is 16.2. The topological polar surface area (TPSA) is 58.1 Å². The largest absolute Gasteiger partial charge is 0.363 e. The van der Waals surface area contributed by atoms with Crippen molar-refractivity contribution in [3.05, 3.63) is 47.9 Å². The lowest BCUT2D eigenvalue weighted by molar-refractivity contribution is -0.119. The Morgan fingerprint density at radius 1 is 1.16 bits per heavy atom. The highest BCUT2D eigenvalue weighted by Crippen LogP contribution is 2.25. The lowest BCUT2D eigenvalue weighted by Gasteiger charge is -2.27. The standard InChI is InChI=1S/C18H20F2N4O/c1-12(23-16-10-15(18(19)20)21-11-22-16)13-5-7-14(8-6-13)24-9-3-2-4-17(24)25/h5-8,10-12,18H,2-4,9H2,1H3,(H,21,22,23). The number of carbonyl (C=O) groups excluding carboxylic acids is 1. The molecule has 1 aromatic heterocycles. The van der Waals surface area contributed by atoms with Crippen molar-refractivity contribution in [2.24, 2.45) is 0 Å². The summed E-state index contributed by atoms with van der Waals surface area (Å²) in [6.45, 7) is 2.68. The number of carbonyl (C=O) groups is 1. The molecule has 132 valence electrons. The SMILES string of the molecule is CC(Nc1cc(C(F)F)ncn1)c1ccc(N2CCCCC2=O)cc1. The highest BCUT2D eigenvalue weighted by atomic mass is 19.3. The fourth-order valence-electron chi connectivity index (χ4n) is 2.90. The van der Waals surface area contributed by atoms with Crippen molar-refractivity contribution >= 4 is 17.4 Å². The summed E-state index contributed by atoms with van der Waals surface area (Å²) in [7, 11) is 0. The van der Waals surface area contributed by atoms with Gasteiger partial charge in [0.15, 0.2) is 0 Å². The Kier molecular flexibility index (Phi) is 5.21. The average Bonchev–Trinajstić information content (AvgIpc) is 2.62. The summed E-state index contributed by atoms with van der Waals surface area (Å²) in [5, 5.41) is 3.10. The Labute approximate surface area is 145 Å². The van der Waals surface area contributed by atoms with Gasteiger partial charge in [0.2, 0.25) is 5.91 Å². The van der Waals surface area contributed by atoms with Gasteiger partial charge in [-0.05, 0) is 37.5 Å². The number of amides is 1. The molecule has 0 bridgehead atoms. The summed E-state index contributed by atoms with van der Waals surface area (Å²) in [6.07, 6.45) is 1.07. The predicted molar refractivity (Wildman–Crippen MR) is 91.7 cm³/mol. The molecule has 1 fully saturated rings. The van der Waals surface area contributed by atoms with E-state index in [9.17, 15) is 13.6 Å². The third-order valence-corrected chi connectivity index (χ3v) is 4.30. The molecule has 3 rings (SSSR count). The molecule has 1 atom stereocenters. The molecule has 25 heavy (non-hydrogen) atoms. The Bertz CT molecular complexity index is 736. The number of hydrogen-bond acceptors (Lipinski definition) is 4. The maximum Gasteiger partial charge on any atom is 0.280 e. The van der Waals surface area contributed by atoms with Crippen molar-refractivity contribution in [2.75, 3.05) is 16.8 Å². The molecular formula is C18H20F2N4O. The molecule has 1 aromatic carbocycles. The van der Waals surface area contributed by atoms with E-state index in [2.05, 4.69) is 15.3 Å². The van der Waals surface area contributed by atoms with E-state index < -0.39 is 6.43 Å². The number of alkyl halides is 2. The minimum absolute atomic E-state index is 0.119. The molecule has 2 aromatic rings. The molecular weight excluding hydrogens is 326 g/mol. The first-order valence-corrected chi connectivity index (χ1v) is 8.31. The van der Waals surface area contributed by atoms with Crippen molar-refractivity contribution in [2.45, 2.75) is 38.7 Å². The summed E-state index contributed by atoms with van der Waals surface area (Å²) in [4.78, 5) is 21.3. The molecule has 5 nitrogen and oxygen atoms in total. The maximum atomic E-state index is 12.7. The van der Waals surface area contributed by atoms with Gasteiger partial charge in [-0.15, -0.1) is 0 Å². The van der Waals surface area contributed by atoms with Crippen LogP contribution in [0, 0.1) is 0 Å². The van der Waals surface area contributed by atoms with Crippen molar-refractivity contribution in [3.63, 3.8) is 0 Å². The van der Waals surface area contributed by atoms with E-state index in [-0.39, 0.29) is 17.6 Å². The maximum absolute atomic E-state index is 12.7. The van der Waals surface area contributed by atoms with E-state index in [1.807, 2.05) is 36.1 Å². The minimum Gasteiger partial charge on any atom is -0.363 e. The summed E-state index contributed by atoms with van der Waals surface area (Å²) in [5.74, 6) is 0.513. The number of rotatable bonds is 5. The Morgan fingerprint density at radius 2 is 1.92 bits per heavy atom. The Balaban J connectivity index is 1.69. The summed E-state index contributed by atoms with van der Waals surface area (Å²) >= 11 is 0. The predicted octanol–water partition coefficient (Wildman–Crippen LogP) is 4.10. The van der Waals surface area contributed by atoms with E-state index in [0.29, 0.717) is 12.2 Å². The van der Waals surface area contributed by atoms with E-state index in [1.54, 1.807) is 0 Å². The lowest BCUT2D eigenvalue weighted by Crippen LogP contribution is -2.35. The second kappa shape index (κ2) is 7.55. The molecule has 2 heterocycles. The zero-order chi connectivity index (χ0) is 17.8. The Morgan fingerprint density at radius 3 is 2.60 bits per heavy atom. The molecule has 7 heteroatoms. The number of aromatic nitrogens is 2. The third kappa shape index (κ3) is 4.10. The van der Waals surface area contributed by atoms with Gasteiger partial charge in [-0.25, -0.2) is 18.7 Å².